The third-order valence-corrected chi connectivity index (χ3v) is 6.87. The van der Waals surface area contributed by atoms with E-state index in [2.05, 4.69) is 10.00 Å². The molecular formula is C25H35N5O4. The van der Waals surface area contributed by atoms with Crippen molar-refractivity contribution < 1.29 is 19.2 Å². The molecule has 0 spiro atoms. The number of hydroxylamine groups is 2. The third kappa shape index (κ3) is 4.94. The number of hydrogen-bond acceptors (Lipinski definition) is 6. The van der Waals surface area contributed by atoms with E-state index >= 15 is 0 Å². The van der Waals surface area contributed by atoms with Crippen LogP contribution in [0.2, 0.25) is 0 Å². The summed E-state index contributed by atoms with van der Waals surface area (Å²) in [5.74, 6) is -0.270. The zero-order chi connectivity index (χ0) is 24.5. The lowest BCUT2D eigenvalue weighted by Crippen LogP contribution is -2.48. The number of benzene rings is 1. The topological polar surface area (TPSA) is 96.8 Å². The molecule has 2 aliphatic heterocycles. The van der Waals surface area contributed by atoms with E-state index in [1.54, 1.807) is 5.06 Å². The Morgan fingerprint density at radius 3 is 2.56 bits per heavy atom. The maximum absolute atomic E-state index is 13.2. The second-order valence-corrected chi connectivity index (χ2v) is 10.4. The molecule has 1 atom stereocenters. The summed E-state index contributed by atoms with van der Waals surface area (Å²) in [6, 6.07) is 5.99. The number of nitrogens with zero attached hydrogens (tertiary/aromatic N) is 4. The highest BCUT2D eigenvalue weighted by atomic mass is 16.7. The molecule has 4 rings (SSSR count). The summed E-state index contributed by atoms with van der Waals surface area (Å²) in [5, 5.41) is 10.2. The summed E-state index contributed by atoms with van der Waals surface area (Å²) in [4.78, 5) is 43.9. The number of nitrogens with one attached hydrogen (secondary N) is 1. The van der Waals surface area contributed by atoms with Crippen molar-refractivity contribution in [1.82, 2.24) is 19.7 Å². The monoisotopic (exact) mass is 469 g/mol. The maximum Gasteiger partial charge on any atom is 0.330 e. The molecule has 2 aromatic rings. The van der Waals surface area contributed by atoms with Crippen molar-refractivity contribution in [3.8, 4) is 0 Å². The number of likely N-dealkylation sites (tertiary alicyclic amines) is 1. The predicted octanol–water partition coefficient (Wildman–Crippen LogP) is 3.29. The number of fused-ring (bicyclic) bond motifs is 1. The third-order valence-electron chi connectivity index (χ3n) is 6.87. The number of amides is 2. The van der Waals surface area contributed by atoms with Gasteiger partial charge in [0, 0.05) is 37.3 Å². The van der Waals surface area contributed by atoms with Gasteiger partial charge < -0.3 is 15.1 Å². The van der Waals surface area contributed by atoms with Gasteiger partial charge in [-0.3, -0.25) is 14.3 Å². The zero-order valence-corrected chi connectivity index (χ0v) is 20.5. The minimum Gasteiger partial charge on any atom is -0.367 e. The summed E-state index contributed by atoms with van der Waals surface area (Å²) >= 11 is 0. The predicted molar refractivity (Wildman–Crippen MR) is 129 cm³/mol. The number of rotatable bonds is 5. The lowest BCUT2D eigenvalue weighted by atomic mass is 9.95. The fourth-order valence-electron chi connectivity index (χ4n) is 4.85. The van der Waals surface area contributed by atoms with Gasteiger partial charge in [-0.05, 0) is 59.4 Å². The van der Waals surface area contributed by atoms with Crippen molar-refractivity contribution in [2.45, 2.75) is 59.4 Å². The zero-order valence-electron chi connectivity index (χ0n) is 20.5. The molecule has 2 amide bonds. The van der Waals surface area contributed by atoms with Gasteiger partial charge in [0.25, 0.3) is 0 Å². The Bertz CT molecular complexity index is 1070. The molecule has 0 radical (unpaired) electrons. The van der Waals surface area contributed by atoms with Gasteiger partial charge in [-0.25, -0.2) is 4.79 Å². The van der Waals surface area contributed by atoms with Gasteiger partial charge in [-0.15, -0.1) is 5.06 Å². The first-order chi connectivity index (χ1) is 16.2. The molecule has 2 saturated heterocycles. The van der Waals surface area contributed by atoms with Crippen LogP contribution in [0, 0.1) is 18.3 Å². The molecule has 184 valence electrons. The molecule has 9 nitrogen and oxygen atoms in total. The number of carbonyl (C=O) groups is 3. The molecule has 0 bridgehead atoms. The van der Waals surface area contributed by atoms with Crippen LogP contribution in [0.4, 0.5) is 5.69 Å². The van der Waals surface area contributed by atoms with Gasteiger partial charge in [-0.1, -0.05) is 12.1 Å². The van der Waals surface area contributed by atoms with Crippen molar-refractivity contribution in [2.75, 3.05) is 31.5 Å². The van der Waals surface area contributed by atoms with E-state index in [-0.39, 0.29) is 23.8 Å². The van der Waals surface area contributed by atoms with Crippen LogP contribution in [0.3, 0.4) is 0 Å². The van der Waals surface area contributed by atoms with Gasteiger partial charge in [-0.2, -0.15) is 5.10 Å². The lowest BCUT2D eigenvalue weighted by molar-refractivity contribution is -0.208. The van der Waals surface area contributed by atoms with E-state index in [0.29, 0.717) is 38.3 Å². The van der Waals surface area contributed by atoms with E-state index in [1.165, 1.54) is 0 Å². The van der Waals surface area contributed by atoms with Crippen LogP contribution < -0.4 is 5.32 Å². The molecule has 2 aliphatic rings. The molecule has 0 saturated carbocycles. The number of aromatic nitrogens is 2. The minimum atomic E-state index is -0.571. The van der Waals surface area contributed by atoms with Gasteiger partial charge in [0.15, 0.2) is 0 Å². The fourth-order valence-corrected chi connectivity index (χ4v) is 4.85. The van der Waals surface area contributed by atoms with Crippen LogP contribution in [-0.4, -0.2) is 64.2 Å². The number of anilines is 1. The first-order valence-corrected chi connectivity index (χ1v) is 12.1. The van der Waals surface area contributed by atoms with Gasteiger partial charge in [0.05, 0.1) is 23.1 Å². The molecule has 3 heterocycles. The molecule has 1 aromatic heterocycles. The van der Waals surface area contributed by atoms with Crippen molar-refractivity contribution >= 4 is 34.9 Å². The molecular weight excluding hydrogens is 434 g/mol. The van der Waals surface area contributed by atoms with Crippen LogP contribution in [0.25, 0.3) is 10.9 Å². The van der Waals surface area contributed by atoms with Crippen molar-refractivity contribution in [1.29, 1.82) is 0 Å². The summed E-state index contributed by atoms with van der Waals surface area (Å²) < 4.78 is 2.05. The Kier molecular flexibility index (Phi) is 6.93. The smallest absolute Gasteiger partial charge is 0.330 e. The Morgan fingerprint density at radius 2 is 1.88 bits per heavy atom. The van der Waals surface area contributed by atoms with Crippen LogP contribution in [0.5, 0.6) is 0 Å². The molecule has 1 unspecified atom stereocenters. The standard InChI is InChI=1S/C25H35N5O4/c1-17-20-8-5-9-21(26-16-31)22(20)27-30(17)19-10-13-28(14-11-19)23(32)18-7-6-12-29(15-18)34-24(33)25(2,3)4/h5,8-9,16,18-19H,6-7,10-15H2,1-4H3,(H,26,31). The van der Waals surface area contributed by atoms with E-state index in [1.807, 2.05) is 50.8 Å². The maximum atomic E-state index is 13.2. The number of carbonyl (C=O) groups excluding carboxylic acids is 3. The van der Waals surface area contributed by atoms with Crippen LogP contribution in [-0.2, 0) is 19.2 Å². The highest BCUT2D eigenvalue weighted by molar-refractivity contribution is 5.95. The molecule has 0 aliphatic carbocycles. The molecule has 9 heteroatoms. The van der Waals surface area contributed by atoms with Crippen LogP contribution >= 0.6 is 0 Å². The average Bonchev–Trinajstić information content (AvgIpc) is 3.16. The summed E-state index contributed by atoms with van der Waals surface area (Å²) in [6.07, 6.45) is 3.97. The van der Waals surface area contributed by atoms with Gasteiger partial charge >= 0.3 is 5.97 Å². The Balaban J connectivity index is 1.38. The Hall–Kier alpha value is -2.94. The SMILES string of the molecule is Cc1c2cccc(NC=O)c2nn1C1CCN(C(=O)C2CCCN(OC(=O)C(C)(C)C)C2)CC1. The second-order valence-electron chi connectivity index (χ2n) is 10.4. The second kappa shape index (κ2) is 9.74. The molecule has 1 aromatic carbocycles. The van der Waals surface area contributed by atoms with Crippen LogP contribution in [0.1, 0.15) is 58.2 Å². The average molecular weight is 470 g/mol. The Labute approximate surface area is 200 Å². The first kappa shape index (κ1) is 24.2. The minimum absolute atomic E-state index is 0.148. The molecule has 34 heavy (non-hydrogen) atoms. The highest BCUT2D eigenvalue weighted by Crippen LogP contribution is 2.31. The summed E-state index contributed by atoms with van der Waals surface area (Å²) in [6.45, 7) is 10.0. The molecule has 2 fully saturated rings. The number of hydrogen-bond donors (Lipinski definition) is 1. The van der Waals surface area contributed by atoms with Crippen LogP contribution in [0.15, 0.2) is 18.2 Å². The first-order valence-electron chi connectivity index (χ1n) is 12.1. The van der Waals surface area contributed by atoms with Crippen molar-refractivity contribution in [3.63, 3.8) is 0 Å². The van der Waals surface area contributed by atoms with E-state index in [4.69, 9.17) is 9.94 Å². The normalized spacial score (nSPS) is 20.4. The summed E-state index contributed by atoms with van der Waals surface area (Å²) in [7, 11) is 0. The highest BCUT2D eigenvalue weighted by Gasteiger charge is 2.35. The fraction of sp³-hybridized carbons (Fsp3) is 0.600. The lowest BCUT2D eigenvalue weighted by Gasteiger charge is -2.37. The summed E-state index contributed by atoms with van der Waals surface area (Å²) in [5.41, 5.74) is 1.99. The van der Waals surface area contributed by atoms with Gasteiger partial charge in [0.2, 0.25) is 12.3 Å². The quantitative estimate of drug-likeness (QED) is 0.675. The number of piperidine rings is 2. The van der Waals surface area contributed by atoms with Gasteiger partial charge in [0.1, 0.15) is 5.52 Å². The van der Waals surface area contributed by atoms with E-state index in [9.17, 15) is 14.4 Å². The van der Waals surface area contributed by atoms with Crippen molar-refractivity contribution in [3.05, 3.63) is 23.9 Å². The Morgan fingerprint density at radius 1 is 1.15 bits per heavy atom. The number of aryl methyl sites for hydroxylation is 1. The molecule has 1 N–H and O–H groups in total. The van der Waals surface area contributed by atoms with E-state index < -0.39 is 5.41 Å². The largest absolute Gasteiger partial charge is 0.367 e. The van der Waals surface area contributed by atoms with E-state index in [0.717, 1.165) is 42.3 Å². The van der Waals surface area contributed by atoms with Crippen molar-refractivity contribution in [2.24, 2.45) is 11.3 Å².